The molecule has 4 nitrogen and oxygen atoms in total. The molecule has 0 atom stereocenters. The fourth-order valence-corrected chi connectivity index (χ4v) is 9.63. The highest BCUT2D eigenvalue weighted by molar-refractivity contribution is 7.21. The molecular weight excluding hydrogens is 625 g/mol. The highest BCUT2D eigenvalue weighted by Gasteiger charge is 2.52. The highest BCUT2D eigenvalue weighted by Crippen LogP contribution is 2.65. The fraction of sp³-hybridized carbons (Fsp3) is 0.0238. The largest absolute Gasteiger partial charge is 0.310 e. The standard InChI is InChI=1S/C42H26N4S2/c1-3-12-27(13-4-1)39-43-40(28-14-5-2-6-15-28)45-41(44-39)29-16-11-17-30(26-29)46-35-20-9-7-18-31(35)42(32-19-8-10-21-36(32)46)33-22-24-47-37(33)38-34(42)23-25-48-38/h1-26H. The number of nitrogens with zero attached hydrogens (tertiary/aromatic N) is 4. The molecule has 0 saturated heterocycles. The van der Waals surface area contributed by atoms with Gasteiger partial charge < -0.3 is 4.90 Å². The van der Waals surface area contributed by atoms with E-state index in [9.17, 15) is 0 Å². The lowest BCUT2D eigenvalue weighted by atomic mass is 9.65. The molecule has 0 amide bonds. The van der Waals surface area contributed by atoms with Crippen molar-refractivity contribution in [2.24, 2.45) is 0 Å². The summed E-state index contributed by atoms with van der Waals surface area (Å²) in [6.45, 7) is 0. The molecule has 48 heavy (non-hydrogen) atoms. The molecular formula is C42H26N4S2. The highest BCUT2D eigenvalue weighted by atomic mass is 32.1. The van der Waals surface area contributed by atoms with E-state index < -0.39 is 0 Å². The Labute approximate surface area is 286 Å². The lowest BCUT2D eigenvalue weighted by Gasteiger charge is -2.44. The lowest BCUT2D eigenvalue weighted by molar-refractivity contribution is 0.756. The number of hydrogen-bond acceptors (Lipinski definition) is 6. The molecule has 8 aromatic rings. The molecule has 1 aliphatic carbocycles. The Morgan fingerprint density at radius 1 is 0.417 bits per heavy atom. The van der Waals surface area contributed by atoms with Gasteiger partial charge in [0.05, 0.1) is 16.8 Å². The van der Waals surface area contributed by atoms with Crippen LogP contribution >= 0.6 is 22.7 Å². The van der Waals surface area contributed by atoms with Gasteiger partial charge in [0.15, 0.2) is 17.5 Å². The first-order valence-corrected chi connectivity index (χ1v) is 17.7. The number of thiophene rings is 2. The summed E-state index contributed by atoms with van der Waals surface area (Å²) >= 11 is 3.70. The molecule has 1 aliphatic heterocycles. The van der Waals surface area contributed by atoms with Crippen LogP contribution in [0.15, 0.2) is 156 Å². The Morgan fingerprint density at radius 2 is 0.875 bits per heavy atom. The maximum absolute atomic E-state index is 5.03. The van der Waals surface area contributed by atoms with E-state index in [4.69, 9.17) is 15.0 Å². The zero-order valence-electron chi connectivity index (χ0n) is 25.6. The van der Waals surface area contributed by atoms with Crippen LogP contribution in [0.3, 0.4) is 0 Å². The monoisotopic (exact) mass is 650 g/mol. The van der Waals surface area contributed by atoms with Gasteiger partial charge in [-0.25, -0.2) is 15.0 Å². The van der Waals surface area contributed by atoms with Gasteiger partial charge in [-0.15, -0.1) is 22.7 Å². The van der Waals surface area contributed by atoms with E-state index in [2.05, 4.69) is 101 Å². The molecule has 0 bridgehead atoms. The average Bonchev–Trinajstić information content (AvgIpc) is 3.90. The third kappa shape index (κ3) is 3.90. The second-order valence-corrected chi connectivity index (χ2v) is 13.9. The molecule has 3 aromatic heterocycles. The molecule has 5 aromatic carbocycles. The van der Waals surface area contributed by atoms with Crippen LogP contribution in [0.2, 0.25) is 0 Å². The Bertz CT molecular complexity index is 2330. The van der Waals surface area contributed by atoms with Crippen LogP contribution in [-0.2, 0) is 5.41 Å². The number of para-hydroxylation sites is 2. The maximum atomic E-state index is 5.03. The van der Waals surface area contributed by atoms with Gasteiger partial charge in [0.25, 0.3) is 0 Å². The van der Waals surface area contributed by atoms with E-state index >= 15 is 0 Å². The van der Waals surface area contributed by atoms with Gasteiger partial charge in [0.1, 0.15) is 0 Å². The second kappa shape index (κ2) is 10.7. The summed E-state index contributed by atoms with van der Waals surface area (Å²) in [5.74, 6) is 1.95. The van der Waals surface area contributed by atoms with Crippen LogP contribution in [0.4, 0.5) is 17.1 Å². The summed E-state index contributed by atoms with van der Waals surface area (Å²) in [5.41, 5.74) is 11.2. The molecule has 0 unspecified atom stereocenters. The van der Waals surface area contributed by atoms with Crippen LogP contribution in [0.1, 0.15) is 22.3 Å². The van der Waals surface area contributed by atoms with Crippen molar-refractivity contribution in [2.75, 3.05) is 4.90 Å². The number of hydrogen-bond donors (Lipinski definition) is 0. The third-order valence-corrected chi connectivity index (χ3v) is 11.5. The Morgan fingerprint density at radius 3 is 1.42 bits per heavy atom. The van der Waals surface area contributed by atoms with E-state index in [1.165, 1.54) is 43.4 Å². The quantitative estimate of drug-likeness (QED) is 0.190. The normalized spacial score (nSPS) is 13.5. The molecule has 4 heterocycles. The second-order valence-electron chi connectivity index (χ2n) is 12.0. The summed E-state index contributed by atoms with van der Waals surface area (Å²) in [4.78, 5) is 20.2. The topological polar surface area (TPSA) is 41.9 Å². The van der Waals surface area contributed by atoms with Crippen LogP contribution in [0.25, 0.3) is 43.9 Å². The third-order valence-electron chi connectivity index (χ3n) is 9.50. The molecule has 1 spiro atoms. The van der Waals surface area contributed by atoms with E-state index in [0.717, 1.165) is 22.4 Å². The molecule has 226 valence electrons. The smallest absolute Gasteiger partial charge is 0.164 e. The summed E-state index contributed by atoms with van der Waals surface area (Å²) in [6, 6.07) is 51.4. The van der Waals surface area contributed by atoms with Gasteiger partial charge >= 0.3 is 0 Å². The minimum absolute atomic E-state index is 0.366. The van der Waals surface area contributed by atoms with Gasteiger partial charge in [-0.3, -0.25) is 0 Å². The molecule has 6 heteroatoms. The van der Waals surface area contributed by atoms with Crippen LogP contribution < -0.4 is 4.90 Å². The first kappa shape index (κ1) is 27.4. The molecule has 0 saturated carbocycles. The number of aromatic nitrogens is 3. The van der Waals surface area contributed by atoms with Crippen molar-refractivity contribution >= 4 is 39.7 Å². The van der Waals surface area contributed by atoms with E-state index in [1.54, 1.807) is 0 Å². The van der Waals surface area contributed by atoms with Crippen molar-refractivity contribution in [1.82, 2.24) is 15.0 Å². The molecule has 10 rings (SSSR count). The zero-order chi connectivity index (χ0) is 31.7. The van der Waals surface area contributed by atoms with Crippen molar-refractivity contribution < 1.29 is 0 Å². The Kier molecular flexibility index (Phi) is 6.10. The molecule has 2 aliphatic rings. The van der Waals surface area contributed by atoms with Crippen molar-refractivity contribution in [3.8, 4) is 43.9 Å². The number of fused-ring (bicyclic) bond motifs is 9. The average molecular weight is 651 g/mol. The van der Waals surface area contributed by atoms with E-state index in [0.29, 0.717) is 17.5 Å². The predicted octanol–water partition coefficient (Wildman–Crippen LogP) is 11.1. The summed E-state index contributed by atoms with van der Waals surface area (Å²) in [5, 5.41) is 4.50. The van der Waals surface area contributed by atoms with Crippen molar-refractivity contribution in [2.45, 2.75) is 5.41 Å². The van der Waals surface area contributed by atoms with Gasteiger partial charge in [-0.2, -0.15) is 0 Å². The molecule has 0 N–H and O–H groups in total. The fourth-order valence-electron chi connectivity index (χ4n) is 7.53. The number of rotatable bonds is 4. The summed E-state index contributed by atoms with van der Waals surface area (Å²) < 4.78 is 0. The van der Waals surface area contributed by atoms with Gasteiger partial charge in [0, 0.05) is 32.1 Å². The van der Waals surface area contributed by atoms with Crippen LogP contribution in [0, 0.1) is 0 Å². The minimum atomic E-state index is -0.366. The van der Waals surface area contributed by atoms with Crippen molar-refractivity contribution in [1.29, 1.82) is 0 Å². The predicted molar refractivity (Wildman–Crippen MR) is 197 cm³/mol. The number of anilines is 3. The first-order chi connectivity index (χ1) is 23.8. The Hall–Kier alpha value is -5.69. The van der Waals surface area contributed by atoms with Crippen molar-refractivity contribution in [3.63, 3.8) is 0 Å². The first-order valence-electron chi connectivity index (χ1n) is 15.9. The van der Waals surface area contributed by atoms with Crippen molar-refractivity contribution in [3.05, 3.63) is 179 Å². The Balaban J connectivity index is 1.18. The SMILES string of the molecule is c1ccc(-c2nc(-c3ccccc3)nc(-c3cccc(N4c5ccccc5C5(c6ccccc64)c4ccsc4-c4sccc45)c3)n2)cc1. The maximum Gasteiger partial charge on any atom is 0.164 e. The number of benzene rings is 5. The van der Waals surface area contributed by atoms with E-state index in [-0.39, 0.29) is 5.41 Å². The van der Waals surface area contributed by atoms with Crippen LogP contribution in [0.5, 0.6) is 0 Å². The van der Waals surface area contributed by atoms with Crippen LogP contribution in [-0.4, -0.2) is 15.0 Å². The lowest BCUT2D eigenvalue weighted by Crippen LogP contribution is -2.35. The van der Waals surface area contributed by atoms with Gasteiger partial charge in [-0.05, 0) is 69.4 Å². The molecule has 0 radical (unpaired) electrons. The molecule has 0 fully saturated rings. The van der Waals surface area contributed by atoms with Gasteiger partial charge in [-0.1, -0.05) is 109 Å². The van der Waals surface area contributed by atoms with E-state index in [1.807, 2.05) is 83.3 Å². The van der Waals surface area contributed by atoms with Gasteiger partial charge in [0.2, 0.25) is 0 Å². The minimum Gasteiger partial charge on any atom is -0.310 e. The summed E-state index contributed by atoms with van der Waals surface area (Å²) in [7, 11) is 0. The zero-order valence-corrected chi connectivity index (χ0v) is 27.2. The summed E-state index contributed by atoms with van der Waals surface area (Å²) in [6.07, 6.45) is 0.